The first-order valence-corrected chi connectivity index (χ1v) is 5.19. The number of carbonyl (C=O) groups is 1. The second-order valence-corrected chi connectivity index (χ2v) is 4.08. The smallest absolute Gasteiger partial charge is 0.125 e. The lowest BCUT2D eigenvalue weighted by Crippen LogP contribution is -2.07. The molecule has 1 atom stereocenters. The van der Waals surface area contributed by atoms with Crippen molar-refractivity contribution in [2.75, 3.05) is 13.2 Å². The Hall–Kier alpha value is -0.370. The Kier molecular flexibility index (Phi) is 8.00. The third-order valence-corrected chi connectivity index (χ3v) is 1.93. The van der Waals surface area contributed by atoms with Gasteiger partial charge in [-0.3, -0.25) is 0 Å². The maximum absolute atomic E-state index is 10.2. The summed E-state index contributed by atoms with van der Waals surface area (Å²) >= 11 is 0. The molecule has 0 amide bonds. The van der Waals surface area contributed by atoms with Crippen molar-refractivity contribution in [3.05, 3.63) is 0 Å². The molecule has 0 aliphatic rings. The van der Waals surface area contributed by atoms with Crippen LogP contribution in [0, 0.1) is 11.8 Å². The summed E-state index contributed by atoms with van der Waals surface area (Å²) < 4.78 is 5.34. The molecule has 0 fully saturated rings. The van der Waals surface area contributed by atoms with Crippen LogP contribution in [0.5, 0.6) is 0 Å². The largest absolute Gasteiger partial charge is 0.381 e. The molecule has 0 aromatic heterocycles. The standard InChI is InChI=1S/C11H22O2/c1-10(2)6-4-5-7-13-9-11(3)8-12/h8,10-11H,4-7,9H2,1-3H3. The quantitative estimate of drug-likeness (QED) is 0.430. The summed E-state index contributed by atoms with van der Waals surface area (Å²) in [4.78, 5) is 10.2. The highest BCUT2D eigenvalue weighted by atomic mass is 16.5. The molecule has 0 aliphatic heterocycles. The molecule has 13 heavy (non-hydrogen) atoms. The van der Waals surface area contributed by atoms with Gasteiger partial charge in [0.1, 0.15) is 6.29 Å². The summed E-state index contributed by atoms with van der Waals surface area (Å²) in [7, 11) is 0. The molecule has 1 unspecified atom stereocenters. The van der Waals surface area contributed by atoms with E-state index in [4.69, 9.17) is 4.74 Å². The van der Waals surface area contributed by atoms with E-state index in [1.165, 1.54) is 12.8 Å². The number of aldehydes is 1. The van der Waals surface area contributed by atoms with Gasteiger partial charge in [0.25, 0.3) is 0 Å². The molecule has 2 heteroatoms. The van der Waals surface area contributed by atoms with Crippen molar-refractivity contribution in [1.82, 2.24) is 0 Å². The monoisotopic (exact) mass is 186 g/mol. The highest BCUT2D eigenvalue weighted by Gasteiger charge is 1.99. The Morgan fingerprint density at radius 2 is 1.92 bits per heavy atom. The van der Waals surface area contributed by atoms with Crippen molar-refractivity contribution in [2.45, 2.75) is 40.0 Å². The average molecular weight is 186 g/mol. The third kappa shape index (κ3) is 9.54. The Bertz CT molecular complexity index is 121. The van der Waals surface area contributed by atoms with Gasteiger partial charge < -0.3 is 9.53 Å². The van der Waals surface area contributed by atoms with Gasteiger partial charge in [0.05, 0.1) is 6.61 Å². The van der Waals surface area contributed by atoms with Crippen molar-refractivity contribution in [1.29, 1.82) is 0 Å². The molecular weight excluding hydrogens is 164 g/mol. The van der Waals surface area contributed by atoms with Gasteiger partial charge in [-0.15, -0.1) is 0 Å². The fraction of sp³-hybridized carbons (Fsp3) is 0.909. The fourth-order valence-electron chi connectivity index (χ4n) is 1.07. The van der Waals surface area contributed by atoms with Gasteiger partial charge in [0, 0.05) is 12.5 Å². The molecule has 0 bridgehead atoms. The van der Waals surface area contributed by atoms with Crippen LogP contribution >= 0.6 is 0 Å². The Balaban J connectivity index is 3.03. The van der Waals surface area contributed by atoms with E-state index in [1.54, 1.807) is 0 Å². The molecule has 0 radical (unpaired) electrons. The zero-order valence-electron chi connectivity index (χ0n) is 9.08. The summed E-state index contributed by atoms with van der Waals surface area (Å²) in [6.45, 7) is 7.71. The SMILES string of the molecule is CC(C)CCCCOCC(C)C=O. The van der Waals surface area contributed by atoms with Crippen molar-refractivity contribution < 1.29 is 9.53 Å². The van der Waals surface area contributed by atoms with E-state index < -0.39 is 0 Å². The van der Waals surface area contributed by atoms with E-state index in [0.29, 0.717) is 6.61 Å². The summed E-state index contributed by atoms with van der Waals surface area (Å²) in [5.74, 6) is 0.832. The number of hydrogen-bond acceptors (Lipinski definition) is 2. The Morgan fingerprint density at radius 1 is 1.23 bits per heavy atom. The molecular formula is C11H22O2. The Morgan fingerprint density at radius 3 is 2.46 bits per heavy atom. The van der Waals surface area contributed by atoms with Crippen LogP contribution in [0.4, 0.5) is 0 Å². The third-order valence-electron chi connectivity index (χ3n) is 1.93. The van der Waals surface area contributed by atoms with Crippen LogP contribution in [0.1, 0.15) is 40.0 Å². The second kappa shape index (κ2) is 8.24. The first-order valence-electron chi connectivity index (χ1n) is 5.19. The van der Waals surface area contributed by atoms with Crippen LogP contribution in [0.25, 0.3) is 0 Å². The number of ether oxygens (including phenoxy) is 1. The van der Waals surface area contributed by atoms with Crippen molar-refractivity contribution in [2.24, 2.45) is 11.8 Å². The predicted octanol–water partition coefficient (Wildman–Crippen LogP) is 2.66. The first kappa shape index (κ1) is 12.6. The van der Waals surface area contributed by atoms with Crippen LogP contribution in [0.15, 0.2) is 0 Å². The van der Waals surface area contributed by atoms with Gasteiger partial charge in [-0.2, -0.15) is 0 Å². The van der Waals surface area contributed by atoms with E-state index in [9.17, 15) is 4.79 Å². The lowest BCUT2D eigenvalue weighted by atomic mass is 10.1. The van der Waals surface area contributed by atoms with E-state index >= 15 is 0 Å². The minimum Gasteiger partial charge on any atom is -0.381 e. The minimum absolute atomic E-state index is 0.0464. The summed E-state index contributed by atoms with van der Waals surface area (Å²) in [5, 5.41) is 0. The first-order chi connectivity index (χ1) is 6.16. The Labute approximate surface area is 81.7 Å². The highest BCUT2D eigenvalue weighted by Crippen LogP contribution is 2.06. The molecule has 0 aromatic rings. The zero-order chi connectivity index (χ0) is 10.1. The van der Waals surface area contributed by atoms with Crippen LogP contribution in [-0.4, -0.2) is 19.5 Å². The van der Waals surface area contributed by atoms with Crippen molar-refractivity contribution >= 4 is 6.29 Å². The number of hydrogen-bond donors (Lipinski definition) is 0. The van der Waals surface area contributed by atoms with Crippen LogP contribution in [0.2, 0.25) is 0 Å². The minimum atomic E-state index is 0.0464. The molecule has 2 nitrogen and oxygen atoms in total. The van der Waals surface area contributed by atoms with Crippen molar-refractivity contribution in [3.8, 4) is 0 Å². The lowest BCUT2D eigenvalue weighted by Gasteiger charge is -2.06. The van der Waals surface area contributed by atoms with Gasteiger partial charge in [-0.1, -0.05) is 33.6 Å². The van der Waals surface area contributed by atoms with Crippen LogP contribution in [0.3, 0.4) is 0 Å². The fourth-order valence-corrected chi connectivity index (χ4v) is 1.07. The highest BCUT2D eigenvalue weighted by molar-refractivity contribution is 5.52. The molecule has 0 N–H and O–H groups in total. The molecule has 78 valence electrons. The van der Waals surface area contributed by atoms with E-state index in [1.807, 2.05) is 6.92 Å². The normalized spacial score (nSPS) is 13.2. The van der Waals surface area contributed by atoms with Crippen LogP contribution < -0.4 is 0 Å². The maximum Gasteiger partial charge on any atom is 0.125 e. The lowest BCUT2D eigenvalue weighted by molar-refractivity contribution is -0.112. The van der Waals surface area contributed by atoms with Crippen molar-refractivity contribution in [3.63, 3.8) is 0 Å². The number of rotatable bonds is 8. The zero-order valence-corrected chi connectivity index (χ0v) is 9.08. The van der Waals surface area contributed by atoms with Gasteiger partial charge in [-0.05, 0) is 12.3 Å². The molecule has 0 aromatic carbocycles. The molecule has 0 saturated carbocycles. The molecule has 0 aliphatic carbocycles. The van der Waals surface area contributed by atoms with Gasteiger partial charge in [0.2, 0.25) is 0 Å². The van der Waals surface area contributed by atoms with Gasteiger partial charge >= 0.3 is 0 Å². The summed E-state index contributed by atoms with van der Waals surface area (Å²) in [6.07, 6.45) is 4.55. The number of carbonyl (C=O) groups excluding carboxylic acids is 1. The molecule has 0 heterocycles. The summed E-state index contributed by atoms with van der Waals surface area (Å²) in [5.41, 5.74) is 0. The molecule has 0 spiro atoms. The molecule has 0 saturated heterocycles. The van der Waals surface area contributed by atoms with Gasteiger partial charge in [-0.25, -0.2) is 0 Å². The average Bonchev–Trinajstić information content (AvgIpc) is 2.10. The maximum atomic E-state index is 10.2. The van der Waals surface area contributed by atoms with Gasteiger partial charge in [0.15, 0.2) is 0 Å². The summed E-state index contributed by atoms with van der Waals surface area (Å²) in [6, 6.07) is 0. The van der Waals surface area contributed by atoms with E-state index in [0.717, 1.165) is 25.2 Å². The predicted molar refractivity (Wildman–Crippen MR) is 54.7 cm³/mol. The van der Waals surface area contributed by atoms with E-state index in [-0.39, 0.29) is 5.92 Å². The van der Waals surface area contributed by atoms with Crippen LogP contribution in [-0.2, 0) is 9.53 Å². The van der Waals surface area contributed by atoms with E-state index in [2.05, 4.69) is 13.8 Å². The second-order valence-electron chi connectivity index (χ2n) is 4.08. The number of unbranched alkanes of at least 4 members (excludes halogenated alkanes) is 1. The topological polar surface area (TPSA) is 26.3 Å². The molecule has 0 rings (SSSR count).